The largest absolute Gasteiger partial charge is 0.678 e. The molecule has 0 spiro atoms. The van der Waals surface area contributed by atoms with E-state index >= 15 is 0 Å². The van der Waals surface area contributed by atoms with Gasteiger partial charge in [0.25, 0.3) is 5.91 Å². The van der Waals surface area contributed by atoms with Crippen molar-refractivity contribution in [3.63, 3.8) is 0 Å². The van der Waals surface area contributed by atoms with E-state index in [1.807, 2.05) is 23.6 Å². The second-order valence-electron chi connectivity index (χ2n) is 16.6. The van der Waals surface area contributed by atoms with Gasteiger partial charge in [0.05, 0.1) is 49.0 Å². The molecule has 3 heterocycles. The number of aliphatic imine (C=N–C) groups is 1. The zero-order valence-corrected chi connectivity index (χ0v) is 41.0. The Labute approximate surface area is 428 Å². The number of allylic oxidation sites excluding steroid dienone is 2. The molecule has 73 heavy (non-hydrogen) atoms. The van der Waals surface area contributed by atoms with Gasteiger partial charge in [-0.05, 0) is 127 Å². The molecule has 1 aliphatic heterocycles. The van der Waals surface area contributed by atoms with Crippen LogP contribution < -0.4 is 20.7 Å². The van der Waals surface area contributed by atoms with Crippen LogP contribution in [0.3, 0.4) is 0 Å². The van der Waals surface area contributed by atoms with Crippen LogP contribution in [0.4, 0.5) is 14.3 Å². The van der Waals surface area contributed by atoms with Crippen LogP contribution >= 0.6 is 23.6 Å². The quantitative estimate of drug-likeness (QED) is 0.0193. The number of carbonyl (C=O) groups is 6. The van der Waals surface area contributed by atoms with Gasteiger partial charge >= 0.3 is 37.2 Å². The minimum Gasteiger partial charge on any atom is -0.484 e. The molecule has 1 aliphatic rings. The third kappa shape index (κ3) is 19.7. The highest BCUT2D eigenvalue weighted by Gasteiger charge is 2.28. The number of aliphatic carboxylic acids is 5. The van der Waals surface area contributed by atoms with Crippen molar-refractivity contribution < 1.29 is 67.7 Å². The third-order valence-corrected chi connectivity index (χ3v) is 12.2. The summed E-state index contributed by atoms with van der Waals surface area (Å²) in [6.07, 6.45) is 7.53. The van der Waals surface area contributed by atoms with E-state index in [9.17, 15) is 62.9 Å². The number of nitrogens with zero attached hydrogens (tertiary/aromatic N) is 5. The molecule has 1 unspecified atom stereocenters. The maximum atomic E-state index is 14.3. The van der Waals surface area contributed by atoms with Crippen LogP contribution in [0.25, 0.3) is 17.3 Å². The molecular formula is C48H55BF2N8O12S2. The molecular weight excluding hydrogens is 994 g/mol. The molecule has 1 atom stereocenters. The maximum Gasteiger partial charge on any atom is 0.678 e. The molecule has 2 aromatic heterocycles. The first-order valence-corrected chi connectivity index (χ1v) is 24.1. The summed E-state index contributed by atoms with van der Waals surface area (Å²) in [7, 11) is -2.80. The topological polar surface area (TPSA) is 276 Å². The number of rotatable bonds is 32. The number of carboxylic acid groups (broad SMARTS) is 5. The Balaban J connectivity index is 1.03. The summed E-state index contributed by atoms with van der Waals surface area (Å²) in [6.45, 7) is -2.87. The summed E-state index contributed by atoms with van der Waals surface area (Å²) < 4.78 is 35.2. The molecule has 2 aromatic carbocycles. The molecule has 20 nitrogen and oxygen atoms in total. The number of nitrogens with one attached hydrogen (secondary N) is 3. The zero-order chi connectivity index (χ0) is 52.9. The Kier molecular flexibility index (Phi) is 22.2. The molecule has 25 heteroatoms. The Hall–Kier alpha value is -7.32. The minimum absolute atomic E-state index is 0.0892. The lowest BCUT2D eigenvalue weighted by atomic mass is 10.0. The van der Waals surface area contributed by atoms with Crippen molar-refractivity contribution in [3.8, 4) is 17.0 Å². The van der Waals surface area contributed by atoms with Crippen molar-refractivity contribution >= 4 is 89.3 Å². The average Bonchev–Trinajstić information content (AvgIpc) is 4.12. The smallest absolute Gasteiger partial charge is 0.484 e. The van der Waals surface area contributed by atoms with Crippen LogP contribution in [-0.4, -0.2) is 177 Å². The van der Waals surface area contributed by atoms with E-state index in [1.165, 1.54) is 9.80 Å². The maximum absolute atomic E-state index is 14.3. The summed E-state index contributed by atoms with van der Waals surface area (Å²) in [4.78, 5) is 79.7. The standard InChI is InChI=1S/C48H55BF2N8O12S2/c50-49(51)59-36(24-35-12-16-39(54-35)41-5-4-22-73-41)13-17-40(59)33-8-14-38(15-9-33)71-31-42(60)52-18-2-1-3-19-53-48(72)55-34-10-6-32(7-11-34)23-37(58(29-46(67)68)30-47(69)70)25-56(26-43(61)62)20-21-57(27-44(63)64)28-45(65)66/h4-17,22,24,37H,1-3,18-21,23,25-31H2,(H,52,60)(H,61,62)(H,63,64)(H,65,66)(H,67,68)(H,69,70)(H2,53,55,72)/b35-24-. The fourth-order valence-electron chi connectivity index (χ4n) is 7.73. The number of hydrogen-bond donors (Lipinski definition) is 8. The summed E-state index contributed by atoms with van der Waals surface area (Å²) >= 11 is 6.99. The number of thiophene rings is 1. The Morgan fingerprint density at radius 3 is 1.97 bits per heavy atom. The molecule has 0 radical (unpaired) electrons. The molecule has 8 N–H and O–H groups in total. The fraction of sp³-hybridized carbons (Fsp3) is 0.333. The van der Waals surface area contributed by atoms with Crippen molar-refractivity contribution in [2.24, 2.45) is 4.99 Å². The summed E-state index contributed by atoms with van der Waals surface area (Å²) in [6, 6.07) is 19.7. The second-order valence-corrected chi connectivity index (χ2v) is 18.0. The van der Waals surface area contributed by atoms with E-state index in [0.717, 1.165) is 32.8 Å². The number of benzene rings is 2. The van der Waals surface area contributed by atoms with Gasteiger partial charge in [0.15, 0.2) is 11.7 Å². The average molecular weight is 1050 g/mol. The highest BCUT2D eigenvalue weighted by Crippen LogP contribution is 2.29. The molecule has 388 valence electrons. The van der Waals surface area contributed by atoms with Gasteiger partial charge in [-0.15, -0.1) is 11.3 Å². The third-order valence-electron chi connectivity index (χ3n) is 11.0. The van der Waals surface area contributed by atoms with E-state index in [0.29, 0.717) is 64.3 Å². The predicted octanol–water partition coefficient (Wildman–Crippen LogP) is 4.28. The molecule has 0 aliphatic carbocycles. The lowest BCUT2D eigenvalue weighted by molar-refractivity contribution is -0.144. The van der Waals surface area contributed by atoms with Crippen molar-refractivity contribution in [3.05, 3.63) is 112 Å². The van der Waals surface area contributed by atoms with Gasteiger partial charge < -0.3 is 50.7 Å². The van der Waals surface area contributed by atoms with Crippen molar-refractivity contribution in [2.45, 2.75) is 31.7 Å². The van der Waals surface area contributed by atoms with Crippen LogP contribution in [0.5, 0.6) is 5.75 Å². The monoisotopic (exact) mass is 1050 g/mol. The Morgan fingerprint density at radius 2 is 1.37 bits per heavy atom. The van der Waals surface area contributed by atoms with E-state index in [2.05, 4.69) is 20.9 Å². The van der Waals surface area contributed by atoms with Gasteiger partial charge in [0.2, 0.25) is 0 Å². The van der Waals surface area contributed by atoms with Crippen molar-refractivity contribution in [1.29, 1.82) is 0 Å². The lowest BCUT2D eigenvalue weighted by Crippen LogP contribution is -2.51. The molecule has 0 bridgehead atoms. The van der Waals surface area contributed by atoms with E-state index in [1.54, 1.807) is 84.2 Å². The molecule has 0 saturated heterocycles. The van der Waals surface area contributed by atoms with E-state index < -0.39 is 76.0 Å². The number of aromatic nitrogens is 1. The number of ether oxygens (including phenoxy) is 1. The molecule has 0 saturated carbocycles. The summed E-state index contributed by atoms with van der Waals surface area (Å²) in [5.41, 5.74) is 3.77. The molecule has 0 fully saturated rings. The molecule has 1 amide bonds. The Morgan fingerprint density at radius 1 is 0.753 bits per heavy atom. The SMILES string of the molecule is O=C(O)CN(CCN(CC(=O)O)CC(Cc1ccc(NC(=S)NCCCCCNC(=O)COc2ccc(-c3ccc(/C=C4/C=CC(c5cccs5)=N4)n3B(F)F)cc2)cc1)N(CC(=O)O)CC(=O)O)CC(=O)O. The number of carbonyl (C=O) groups excluding carboxylic acids is 1. The van der Waals surface area contributed by atoms with Gasteiger partial charge in [0.1, 0.15) is 5.75 Å². The number of carboxylic acids is 5. The van der Waals surface area contributed by atoms with Gasteiger partial charge in [0, 0.05) is 55.8 Å². The first-order chi connectivity index (χ1) is 34.9. The van der Waals surface area contributed by atoms with Crippen LogP contribution in [0.15, 0.2) is 101 Å². The fourth-order valence-corrected chi connectivity index (χ4v) is 8.65. The number of thiocarbonyl (C=S) groups is 1. The number of unbranched alkanes of at least 4 members (excludes halogenated alkanes) is 2. The lowest BCUT2D eigenvalue weighted by Gasteiger charge is -2.34. The highest BCUT2D eigenvalue weighted by molar-refractivity contribution is 7.80. The predicted molar refractivity (Wildman–Crippen MR) is 274 cm³/mol. The van der Waals surface area contributed by atoms with Gasteiger partial charge in [-0.2, -0.15) is 0 Å². The second kappa shape index (κ2) is 28.7. The van der Waals surface area contributed by atoms with Gasteiger partial charge in [-0.25, -0.2) is 4.99 Å². The normalized spacial score (nSPS) is 13.0. The number of amides is 1. The van der Waals surface area contributed by atoms with Crippen molar-refractivity contribution in [1.82, 2.24) is 29.8 Å². The van der Waals surface area contributed by atoms with E-state index in [-0.39, 0.29) is 38.6 Å². The number of halogens is 2. The Bertz CT molecular complexity index is 2600. The van der Waals surface area contributed by atoms with Gasteiger partial charge in [-0.1, -0.05) is 18.2 Å². The minimum atomic E-state index is -2.80. The molecule has 5 rings (SSSR count). The molecule has 4 aromatic rings. The zero-order valence-electron chi connectivity index (χ0n) is 39.4. The summed E-state index contributed by atoms with van der Waals surface area (Å²) in [5, 5.41) is 58.5. The highest BCUT2D eigenvalue weighted by atomic mass is 32.1. The number of anilines is 1. The first-order valence-electron chi connectivity index (χ1n) is 22.9. The first kappa shape index (κ1) is 56.6. The van der Waals surface area contributed by atoms with Gasteiger partial charge in [-0.3, -0.25) is 52.1 Å². The number of hydrogen-bond acceptors (Lipinski definition) is 13. The van der Waals surface area contributed by atoms with Crippen molar-refractivity contribution in [2.75, 3.05) is 77.4 Å². The van der Waals surface area contributed by atoms with Crippen LogP contribution in [0, 0.1) is 0 Å². The van der Waals surface area contributed by atoms with Crippen LogP contribution in [-0.2, 0) is 35.2 Å². The van der Waals surface area contributed by atoms with Crippen LogP contribution in [0.1, 0.15) is 35.4 Å². The summed E-state index contributed by atoms with van der Waals surface area (Å²) in [5.74, 6) is -6.39. The van der Waals surface area contributed by atoms with E-state index in [4.69, 9.17) is 17.0 Å². The van der Waals surface area contributed by atoms with Crippen LogP contribution in [0.2, 0.25) is 0 Å².